The van der Waals surface area contributed by atoms with E-state index in [2.05, 4.69) is 16.0 Å². The maximum atomic E-state index is 14.1. The minimum atomic E-state index is -0.943. The van der Waals surface area contributed by atoms with Crippen molar-refractivity contribution in [2.45, 2.75) is 116 Å². The van der Waals surface area contributed by atoms with Gasteiger partial charge in [-0.3, -0.25) is 28.9 Å². The van der Waals surface area contributed by atoms with Gasteiger partial charge in [-0.1, -0.05) is 83.5 Å². The average Bonchev–Trinajstić information content (AvgIpc) is 3.74. The number of likely N-dealkylation sites (N-methyl/N-ethyl adjacent to an activating group) is 2. The predicted octanol–water partition coefficient (Wildman–Crippen LogP) is 4.12. The number of rotatable bonds is 23. The van der Waals surface area contributed by atoms with Gasteiger partial charge in [0.1, 0.15) is 12.6 Å². The van der Waals surface area contributed by atoms with Crippen molar-refractivity contribution in [3.63, 3.8) is 0 Å². The van der Waals surface area contributed by atoms with Crippen LogP contribution in [0.5, 0.6) is 0 Å². The smallest absolute Gasteiger partial charge is 0.410 e. The maximum Gasteiger partial charge on any atom is 0.410 e. The highest BCUT2D eigenvalue weighted by Gasteiger charge is 2.42. The summed E-state index contributed by atoms with van der Waals surface area (Å²) >= 11 is 0. The first-order valence-electron chi connectivity index (χ1n) is 21.1. The van der Waals surface area contributed by atoms with Gasteiger partial charge in [0.15, 0.2) is 0 Å². The number of nitrogens with one attached hydrogen (secondary N) is 3. The molecule has 0 spiro atoms. The van der Waals surface area contributed by atoms with Gasteiger partial charge >= 0.3 is 6.09 Å². The number of benzene rings is 2. The van der Waals surface area contributed by atoms with E-state index in [0.29, 0.717) is 42.6 Å². The quantitative estimate of drug-likeness (QED) is 0.118. The van der Waals surface area contributed by atoms with Crippen LogP contribution in [-0.2, 0) is 44.8 Å². The Morgan fingerprint density at radius 3 is 2.15 bits per heavy atom. The first-order chi connectivity index (χ1) is 29.0. The van der Waals surface area contributed by atoms with Crippen LogP contribution in [-0.4, -0.2) is 134 Å². The molecule has 1 fully saturated rings. The predicted molar refractivity (Wildman–Crippen MR) is 231 cm³/mol. The molecule has 9 atom stereocenters. The molecule has 6 amide bonds. The van der Waals surface area contributed by atoms with Gasteiger partial charge in [0.25, 0.3) is 0 Å². The topological polar surface area (TPSA) is 196 Å². The number of carbonyl (C=O) groups is 6. The summed E-state index contributed by atoms with van der Waals surface area (Å²) < 4.78 is 17.3. The lowest BCUT2D eigenvalue weighted by atomic mass is 9.90. The normalized spacial score (nSPS) is 17.8. The highest BCUT2D eigenvalue weighted by atomic mass is 16.6. The van der Waals surface area contributed by atoms with Crippen molar-refractivity contribution in [2.75, 3.05) is 46.7 Å². The van der Waals surface area contributed by atoms with Crippen LogP contribution in [0.2, 0.25) is 0 Å². The van der Waals surface area contributed by atoms with E-state index in [1.165, 1.54) is 31.1 Å². The molecule has 4 N–H and O–H groups in total. The zero-order chi connectivity index (χ0) is 45.4. The van der Waals surface area contributed by atoms with E-state index in [9.17, 15) is 33.9 Å². The summed E-state index contributed by atoms with van der Waals surface area (Å²) in [6.45, 7) is 11.1. The minimum Gasteiger partial charge on any atom is -0.445 e. The van der Waals surface area contributed by atoms with Gasteiger partial charge in [-0.25, -0.2) is 4.79 Å². The molecule has 6 unspecified atom stereocenters. The molecule has 0 saturated carbocycles. The fourth-order valence-corrected chi connectivity index (χ4v) is 8.14. The van der Waals surface area contributed by atoms with Crippen molar-refractivity contribution in [1.29, 1.82) is 0 Å². The number of amides is 6. The zero-order valence-corrected chi connectivity index (χ0v) is 37.5. The number of aliphatic hydroxyl groups is 1. The number of ether oxygens (including phenoxy) is 3. The second kappa shape index (κ2) is 24.4. The van der Waals surface area contributed by atoms with E-state index in [1.807, 2.05) is 32.0 Å². The van der Waals surface area contributed by atoms with Gasteiger partial charge in [0.05, 0.1) is 55.3 Å². The van der Waals surface area contributed by atoms with Gasteiger partial charge in [-0.2, -0.15) is 0 Å². The van der Waals surface area contributed by atoms with E-state index < -0.39 is 60.3 Å². The number of nitrogens with zero attached hydrogens (tertiary/aromatic N) is 3. The first kappa shape index (κ1) is 50.3. The summed E-state index contributed by atoms with van der Waals surface area (Å²) in [7, 11) is 6.12. The largest absolute Gasteiger partial charge is 0.445 e. The second-order valence-corrected chi connectivity index (χ2v) is 16.3. The molecule has 16 heteroatoms. The van der Waals surface area contributed by atoms with Crippen molar-refractivity contribution < 1.29 is 48.1 Å². The van der Waals surface area contributed by atoms with Gasteiger partial charge < -0.3 is 45.1 Å². The number of likely N-dealkylation sites (tertiary alicyclic amines) is 1. The van der Waals surface area contributed by atoms with E-state index in [1.54, 1.807) is 76.0 Å². The number of hydrogen-bond acceptors (Lipinski definition) is 10. The summed E-state index contributed by atoms with van der Waals surface area (Å²) in [5.74, 6) is -2.49. The molecular formula is C45H68N6O10. The Labute approximate surface area is 361 Å². The van der Waals surface area contributed by atoms with Crippen LogP contribution in [0.4, 0.5) is 10.5 Å². The molecule has 1 aliphatic rings. The number of hydrogen-bond donors (Lipinski definition) is 4. The highest BCUT2D eigenvalue weighted by molar-refractivity contribution is 5.89. The Morgan fingerprint density at radius 2 is 1.57 bits per heavy atom. The lowest BCUT2D eigenvalue weighted by Gasteiger charge is -2.39. The third-order valence-corrected chi connectivity index (χ3v) is 11.9. The molecule has 338 valence electrons. The fraction of sp³-hybridized carbons (Fsp3) is 0.600. The molecule has 0 radical (unpaired) electrons. The molecule has 2 aromatic rings. The van der Waals surface area contributed by atoms with E-state index in [4.69, 9.17) is 14.2 Å². The molecule has 1 saturated heterocycles. The molecule has 3 rings (SSSR count). The first-order valence-corrected chi connectivity index (χ1v) is 21.1. The van der Waals surface area contributed by atoms with Crippen molar-refractivity contribution in [3.8, 4) is 0 Å². The molecule has 16 nitrogen and oxygen atoms in total. The molecule has 1 heterocycles. The Balaban J connectivity index is 1.65. The van der Waals surface area contributed by atoms with Gasteiger partial charge in [0, 0.05) is 40.5 Å². The Hall–Kier alpha value is -5.06. The minimum absolute atomic E-state index is 0.0363. The number of aliphatic hydroxyl groups excluding tert-OH is 1. The Bertz CT molecular complexity index is 1730. The summed E-state index contributed by atoms with van der Waals surface area (Å²) in [6.07, 6.45) is -0.386. The Morgan fingerprint density at radius 1 is 0.918 bits per heavy atom. The van der Waals surface area contributed by atoms with Crippen LogP contribution >= 0.6 is 0 Å². The van der Waals surface area contributed by atoms with E-state index in [-0.39, 0.29) is 49.3 Å². The van der Waals surface area contributed by atoms with Crippen molar-refractivity contribution in [2.24, 2.45) is 17.8 Å². The van der Waals surface area contributed by atoms with Gasteiger partial charge in [-0.05, 0) is 54.9 Å². The summed E-state index contributed by atoms with van der Waals surface area (Å²) in [4.78, 5) is 83.1. The van der Waals surface area contributed by atoms with Crippen molar-refractivity contribution in [3.05, 3.63) is 65.7 Å². The summed E-state index contributed by atoms with van der Waals surface area (Å²) in [6, 6.07) is 13.4. The molecule has 1 aliphatic heterocycles. The maximum absolute atomic E-state index is 14.1. The SMILES string of the molecule is CC[C@H](C)C(C(CC(=O)N1CCCC1C(OC)[C@@H](C)C(=O)N[C@H](C)C(O)c1ccccc1)OC)N(C)C(=O)CNC(=O)C(C(C)C)N(C)C(=O)OCc1ccc(NC=O)cc1. The number of methoxy groups -OCH3 is 2. The third-order valence-electron chi connectivity index (χ3n) is 11.9. The van der Waals surface area contributed by atoms with Crippen LogP contribution in [0, 0.1) is 17.8 Å². The summed E-state index contributed by atoms with van der Waals surface area (Å²) in [5, 5.41) is 19.0. The van der Waals surface area contributed by atoms with Crippen LogP contribution in [0.1, 0.15) is 84.5 Å². The van der Waals surface area contributed by atoms with Gasteiger partial charge in [0.2, 0.25) is 30.0 Å². The second-order valence-electron chi connectivity index (χ2n) is 16.3. The Kier molecular flexibility index (Phi) is 20.1. The lowest BCUT2D eigenvalue weighted by molar-refractivity contribution is -0.146. The summed E-state index contributed by atoms with van der Waals surface area (Å²) in [5.41, 5.74) is 1.97. The lowest BCUT2D eigenvalue weighted by Crippen LogP contribution is -2.56. The molecule has 61 heavy (non-hydrogen) atoms. The van der Waals surface area contributed by atoms with Crippen LogP contribution < -0.4 is 16.0 Å². The number of carbonyl (C=O) groups excluding carboxylic acids is 6. The van der Waals surface area contributed by atoms with Crippen LogP contribution in [0.3, 0.4) is 0 Å². The van der Waals surface area contributed by atoms with Gasteiger partial charge in [-0.15, -0.1) is 0 Å². The fourth-order valence-electron chi connectivity index (χ4n) is 8.14. The zero-order valence-electron chi connectivity index (χ0n) is 37.5. The molecule has 0 aromatic heterocycles. The molecule has 2 aromatic carbocycles. The van der Waals surface area contributed by atoms with E-state index >= 15 is 0 Å². The molecule has 0 bridgehead atoms. The van der Waals surface area contributed by atoms with Crippen molar-refractivity contribution in [1.82, 2.24) is 25.3 Å². The molecular weight excluding hydrogens is 785 g/mol. The number of anilines is 1. The van der Waals surface area contributed by atoms with Crippen LogP contribution in [0.25, 0.3) is 0 Å². The average molecular weight is 853 g/mol. The van der Waals surface area contributed by atoms with E-state index in [0.717, 1.165) is 6.42 Å². The monoisotopic (exact) mass is 852 g/mol. The highest BCUT2D eigenvalue weighted by Crippen LogP contribution is 2.30. The van der Waals surface area contributed by atoms with Crippen molar-refractivity contribution >= 4 is 41.8 Å². The van der Waals surface area contributed by atoms with Crippen LogP contribution in [0.15, 0.2) is 54.6 Å². The third kappa shape index (κ3) is 13.7. The standard InChI is InChI=1S/C45H68N6O10/c1-11-29(4)40(49(7)38(54)25-46-44(57)39(28(2)3)50(8)45(58)61-26-32-19-21-34(22-20-32)47-27-52)36(59-9)24-37(53)51-23-15-18-35(51)42(60-10)30(5)43(56)48-31(6)41(55)33-16-13-12-14-17-33/h12-14,16-17,19-22,27-31,35-36,39-42,55H,11,15,18,23-26H2,1-10H3,(H,46,57)(H,47,52)(H,48,56)/t29-,30+,31+,35?,36?,39?,40?,41?,42?/m0/s1. The molecule has 0 aliphatic carbocycles.